The number of hydrogen-bond donors (Lipinski definition) is 1. The Bertz CT molecular complexity index is 869. The number of nitrogens with one attached hydrogen (secondary N) is 1. The summed E-state index contributed by atoms with van der Waals surface area (Å²) in [7, 11) is 0. The van der Waals surface area contributed by atoms with Crippen molar-refractivity contribution in [3.05, 3.63) is 52.5 Å². The molecule has 3 aromatic heterocycles. The van der Waals surface area contributed by atoms with Gasteiger partial charge in [-0.15, -0.1) is 22.7 Å². The molecule has 1 amide bonds. The smallest absolute Gasteiger partial charge is 0.226 e. The predicted octanol–water partition coefficient (Wildman–Crippen LogP) is 3.73. The Kier molecular flexibility index (Phi) is 5.26. The molecule has 134 valence electrons. The van der Waals surface area contributed by atoms with Crippen molar-refractivity contribution < 1.29 is 4.79 Å². The number of carbonyl (C=O) groups excluding carboxylic acids is 1. The normalized spacial score (nSPS) is 13.9. The van der Waals surface area contributed by atoms with Crippen molar-refractivity contribution in [1.82, 2.24) is 15.3 Å². The lowest BCUT2D eigenvalue weighted by Gasteiger charge is -2.16. The van der Waals surface area contributed by atoms with E-state index in [4.69, 9.17) is 0 Å². The van der Waals surface area contributed by atoms with Gasteiger partial charge in [0.05, 0.1) is 17.0 Å². The largest absolute Gasteiger partial charge is 0.357 e. The van der Waals surface area contributed by atoms with Crippen LogP contribution in [0.2, 0.25) is 0 Å². The summed E-state index contributed by atoms with van der Waals surface area (Å²) in [6.07, 6.45) is 4.59. The Morgan fingerprint density at radius 1 is 1.23 bits per heavy atom. The Balaban J connectivity index is 1.32. The van der Waals surface area contributed by atoms with Crippen LogP contribution in [-0.4, -0.2) is 29.0 Å². The number of pyridine rings is 1. The lowest BCUT2D eigenvalue weighted by molar-refractivity contribution is -0.120. The molecule has 1 fully saturated rings. The van der Waals surface area contributed by atoms with Gasteiger partial charge in [0.15, 0.2) is 0 Å². The minimum Gasteiger partial charge on any atom is -0.357 e. The van der Waals surface area contributed by atoms with E-state index in [1.165, 1.54) is 12.8 Å². The maximum absolute atomic E-state index is 12.3. The summed E-state index contributed by atoms with van der Waals surface area (Å²) in [5, 5.41) is 7.97. The van der Waals surface area contributed by atoms with Crippen LogP contribution in [0.3, 0.4) is 0 Å². The first-order valence-electron chi connectivity index (χ1n) is 8.73. The number of carbonyl (C=O) groups is 1. The first kappa shape index (κ1) is 17.2. The molecule has 3 aromatic rings. The summed E-state index contributed by atoms with van der Waals surface area (Å²) in [6, 6.07) is 8.09. The van der Waals surface area contributed by atoms with Gasteiger partial charge in [0, 0.05) is 31.2 Å². The van der Waals surface area contributed by atoms with Crippen molar-refractivity contribution in [3.8, 4) is 9.88 Å². The van der Waals surface area contributed by atoms with Gasteiger partial charge in [-0.1, -0.05) is 6.07 Å². The fourth-order valence-electron chi connectivity index (χ4n) is 3.02. The van der Waals surface area contributed by atoms with Crippen molar-refractivity contribution in [1.29, 1.82) is 0 Å². The van der Waals surface area contributed by atoms with Gasteiger partial charge in [0.25, 0.3) is 0 Å². The molecule has 0 spiro atoms. The lowest BCUT2D eigenvalue weighted by Crippen LogP contribution is -2.25. The molecule has 4 rings (SSSR count). The Morgan fingerprint density at radius 2 is 2.12 bits per heavy atom. The molecule has 4 heterocycles. The molecule has 1 N–H and O–H groups in total. The third-order valence-corrected chi connectivity index (χ3v) is 6.29. The average molecular weight is 385 g/mol. The number of thiophene rings is 1. The zero-order valence-electron chi connectivity index (χ0n) is 14.4. The van der Waals surface area contributed by atoms with E-state index >= 15 is 0 Å². The highest BCUT2D eigenvalue weighted by Crippen LogP contribution is 2.27. The average Bonchev–Trinajstić information content (AvgIpc) is 3.41. The monoisotopic (exact) mass is 384 g/mol. The van der Waals surface area contributed by atoms with Gasteiger partial charge in [0.1, 0.15) is 10.8 Å². The number of anilines is 1. The fraction of sp³-hybridized carbons (Fsp3) is 0.316. The maximum Gasteiger partial charge on any atom is 0.226 e. The zero-order chi connectivity index (χ0) is 17.8. The van der Waals surface area contributed by atoms with E-state index in [1.54, 1.807) is 22.7 Å². The molecule has 0 aliphatic carbocycles. The van der Waals surface area contributed by atoms with Crippen molar-refractivity contribution in [2.75, 3.05) is 18.0 Å². The number of hydrogen-bond acceptors (Lipinski definition) is 6. The summed E-state index contributed by atoms with van der Waals surface area (Å²) in [6.45, 7) is 2.66. The van der Waals surface area contributed by atoms with Gasteiger partial charge in [-0.25, -0.2) is 9.97 Å². The van der Waals surface area contributed by atoms with Gasteiger partial charge in [-0.3, -0.25) is 4.79 Å². The maximum atomic E-state index is 12.3. The van der Waals surface area contributed by atoms with Crippen molar-refractivity contribution in [2.45, 2.75) is 25.8 Å². The molecule has 1 aliphatic heterocycles. The number of amides is 1. The first-order chi connectivity index (χ1) is 12.8. The second kappa shape index (κ2) is 7.97. The standard InChI is InChI=1S/C19H20N4OS2/c24-18(11-15-13-26-19(22-15)16-4-3-9-25-16)21-12-14-5-6-20-17(10-14)23-7-1-2-8-23/h3-6,9-10,13H,1-2,7-8,11-12H2,(H,21,24). The van der Waals surface area contributed by atoms with Crippen molar-refractivity contribution in [3.63, 3.8) is 0 Å². The van der Waals surface area contributed by atoms with Crippen LogP contribution in [0.5, 0.6) is 0 Å². The molecule has 0 bridgehead atoms. The molecule has 5 nitrogen and oxygen atoms in total. The van der Waals surface area contributed by atoms with Crippen LogP contribution in [0.4, 0.5) is 5.82 Å². The Morgan fingerprint density at radius 3 is 2.92 bits per heavy atom. The fourth-order valence-corrected chi connectivity index (χ4v) is 4.65. The van der Waals surface area contributed by atoms with Crippen LogP contribution in [0.25, 0.3) is 9.88 Å². The summed E-state index contributed by atoms with van der Waals surface area (Å²) in [5.41, 5.74) is 1.90. The van der Waals surface area contributed by atoms with Crippen molar-refractivity contribution in [2.24, 2.45) is 0 Å². The van der Waals surface area contributed by atoms with Crippen LogP contribution in [-0.2, 0) is 17.8 Å². The highest BCUT2D eigenvalue weighted by molar-refractivity contribution is 7.20. The molecule has 0 unspecified atom stereocenters. The van der Waals surface area contributed by atoms with Gasteiger partial charge >= 0.3 is 0 Å². The highest BCUT2D eigenvalue weighted by Gasteiger charge is 2.14. The van der Waals surface area contributed by atoms with Crippen molar-refractivity contribution >= 4 is 34.4 Å². The van der Waals surface area contributed by atoms with E-state index in [0.29, 0.717) is 13.0 Å². The Hall–Kier alpha value is -2.25. The first-order valence-corrected chi connectivity index (χ1v) is 10.5. The number of nitrogens with zero attached hydrogens (tertiary/aromatic N) is 3. The van der Waals surface area contributed by atoms with Crippen LogP contribution in [0, 0.1) is 0 Å². The van der Waals surface area contributed by atoms with Gasteiger partial charge in [-0.2, -0.15) is 0 Å². The summed E-state index contributed by atoms with van der Waals surface area (Å²) in [5.74, 6) is 1.00. The van der Waals surface area contributed by atoms with E-state index in [2.05, 4.69) is 32.3 Å². The van der Waals surface area contributed by atoms with Crippen LogP contribution in [0.1, 0.15) is 24.1 Å². The molecular formula is C19H20N4OS2. The van der Waals surface area contributed by atoms with E-state index in [1.807, 2.05) is 29.1 Å². The summed E-state index contributed by atoms with van der Waals surface area (Å²) >= 11 is 3.25. The molecule has 26 heavy (non-hydrogen) atoms. The minimum atomic E-state index is -0.00688. The van der Waals surface area contributed by atoms with Gasteiger partial charge in [-0.05, 0) is 42.0 Å². The third-order valence-electron chi connectivity index (χ3n) is 4.36. The molecule has 0 aromatic carbocycles. The minimum absolute atomic E-state index is 0.00688. The number of aromatic nitrogens is 2. The van der Waals surface area contributed by atoms with Gasteiger partial charge in [0.2, 0.25) is 5.91 Å². The van der Waals surface area contributed by atoms with Crippen LogP contribution in [0.15, 0.2) is 41.2 Å². The predicted molar refractivity (Wildman–Crippen MR) is 107 cm³/mol. The van der Waals surface area contributed by atoms with Gasteiger partial charge < -0.3 is 10.2 Å². The van der Waals surface area contributed by atoms with E-state index in [0.717, 1.165) is 40.0 Å². The molecule has 1 aliphatic rings. The molecule has 1 saturated heterocycles. The second-order valence-corrected chi connectivity index (χ2v) is 8.10. The molecule has 0 atom stereocenters. The molecule has 0 radical (unpaired) electrons. The zero-order valence-corrected chi connectivity index (χ0v) is 16.0. The quantitative estimate of drug-likeness (QED) is 0.704. The summed E-state index contributed by atoms with van der Waals surface area (Å²) in [4.78, 5) is 24.7. The van der Waals surface area contributed by atoms with E-state index in [9.17, 15) is 4.79 Å². The topological polar surface area (TPSA) is 58.1 Å². The SMILES string of the molecule is O=C(Cc1csc(-c2cccs2)n1)NCc1ccnc(N2CCCC2)c1. The summed E-state index contributed by atoms with van der Waals surface area (Å²) < 4.78 is 0. The van der Waals surface area contributed by atoms with Crippen LogP contribution >= 0.6 is 22.7 Å². The molecule has 0 saturated carbocycles. The van der Waals surface area contributed by atoms with E-state index in [-0.39, 0.29) is 5.91 Å². The second-order valence-electron chi connectivity index (χ2n) is 6.29. The van der Waals surface area contributed by atoms with E-state index < -0.39 is 0 Å². The van der Waals surface area contributed by atoms with Crippen LogP contribution < -0.4 is 10.2 Å². The lowest BCUT2D eigenvalue weighted by atomic mass is 10.2. The highest BCUT2D eigenvalue weighted by atomic mass is 32.1. The third kappa shape index (κ3) is 4.11. The number of rotatable bonds is 6. The number of thiazole rings is 1. The molecule has 7 heteroatoms. The Labute approximate surface area is 160 Å². The molecular weight excluding hydrogens is 364 g/mol.